The van der Waals surface area contributed by atoms with Crippen LogP contribution in [-0.2, 0) is 6.54 Å². The van der Waals surface area contributed by atoms with E-state index in [0.29, 0.717) is 5.56 Å². The second kappa shape index (κ2) is 3.62. The van der Waals surface area contributed by atoms with Gasteiger partial charge in [-0.05, 0) is 18.6 Å². The lowest BCUT2D eigenvalue weighted by atomic mass is 10.1. The van der Waals surface area contributed by atoms with Crippen molar-refractivity contribution in [3.8, 4) is 11.5 Å². The second-order valence-electron chi connectivity index (χ2n) is 2.75. The average molecular weight is 185 g/mol. The van der Waals surface area contributed by atoms with Crippen molar-refractivity contribution >= 4 is 0 Å². The molecule has 1 aromatic carbocycles. The molecule has 0 saturated heterocycles. The standard InChI is InChI=1S/C9H12FNO2/c1-5-3-6(4-11)7(10)8(12)9(5)13-2/h3,12H,4,11H2,1-2H3. The first kappa shape index (κ1) is 9.80. The van der Waals surface area contributed by atoms with E-state index in [9.17, 15) is 9.50 Å². The molecule has 3 N–H and O–H groups in total. The van der Waals surface area contributed by atoms with Crippen LogP contribution in [0.25, 0.3) is 0 Å². The maximum atomic E-state index is 13.2. The summed E-state index contributed by atoms with van der Waals surface area (Å²) in [5.41, 5.74) is 6.24. The van der Waals surface area contributed by atoms with Crippen LogP contribution in [0.1, 0.15) is 11.1 Å². The topological polar surface area (TPSA) is 55.5 Å². The summed E-state index contributed by atoms with van der Waals surface area (Å²) in [5.74, 6) is -1.01. The summed E-state index contributed by atoms with van der Waals surface area (Å²) < 4.78 is 18.0. The molecule has 0 heterocycles. The van der Waals surface area contributed by atoms with Crippen LogP contribution in [-0.4, -0.2) is 12.2 Å². The van der Waals surface area contributed by atoms with Gasteiger partial charge in [-0.2, -0.15) is 0 Å². The highest BCUT2D eigenvalue weighted by atomic mass is 19.1. The van der Waals surface area contributed by atoms with E-state index in [0.717, 1.165) is 0 Å². The highest BCUT2D eigenvalue weighted by Gasteiger charge is 2.14. The van der Waals surface area contributed by atoms with Gasteiger partial charge in [0.2, 0.25) is 0 Å². The van der Waals surface area contributed by atoms with Gasteiger partial charge in [-0.15, -0.1) is 0 Å². The van der Waals surface area contributed by atoms with E-state index in [4.69, 9.17) is 10.5 Å². The van der Waals surface area contributed by atoms with Crippen molar-refractivity contribution < 1.29 is 14.2 Å². The predicted octanol–water partition coefficient (Wildman–Crippen LogP) is 1.31. The van der Waals surface area contributed by atoms with E-state index in [1.807, 2.05) is 0 Å². The molecular weight excluding hydrogens is 173 g/mol. The lowest BCUT2D eigenvalue weighted by Crippen LogP contribution is -2.02. The maximum absolute atomic E-state index is 13.2. The average Bonchev–Trinajstić information content (AvgIpc) is 2.12. The van der Waals surface area contributed by atoms with Gasteiger partial charge < -0.3 is 15.6 Å². The summed E-state index contributed by atoms with van der Waals surface area (Å²) in [7, 11) is 1.38. The Morgan fingerprint density at radius 3 is 2.69 bits per heavy atom. The molecule has 0 amide bonds. The van der Waals surface area contributed by atoms with Crippen molar-refractivity contribution in [2.45, 2.75) is 13.5 Å². The van der Waals surface area contributed by atoms with E-state index < -0.39 is 11.6 Å². The molecule has 0 aliphatic heterocycles. The number of methoxy groups -OCH3 is 1. The van der Waals surface area contributed by atoms with Crippen molar-refractivity contribution in [2.75, 3.05) is 7.11 Å². The Bertz CT molecular complexity index is 326. The Labute approximate surface area is 75.9 Å². The monoisotopic (exact) mass is 185 g/mol. The van der Waals surface area contributed by atoms with Crippen LogP contribution in [0.4, 0.5) is 4.39 Å². The molecule has 0 aliphatic rings. The maximum Gasteiger partial charge on any atom is 0.194 e. The Hall–Kier alpha value is -1.29. The molecule has 4 heteroatoms. The highest BCUT2D eigenvalue weighted by molar-refractivity contribution is 5.49. The Morgan fingerprint density at radius 2 is 2.23 bits per heavy atom. The lowest BCUT2D eigenvalue weighted by molar-refractivity contribution is 0.353. The zero-order valence-corrected chi connectivity index (χ0v) is 7.60. The van der Waals surface area contributed by atoms with Crippen LogP contribution in [0.15, 0.2) is 6.07 Å². The van der Waals surface area contributed by atoms with E-state index in [1.165, 1.54) is 7.11 Å². The van der Waals surface area contributed by atoms with Gasteiger partial charge in [-0.25, -0.2) is 4.39 Å². The number of phenolic OH excluding ortho intramolecular Hbond substituents is 1. The van der Waals surface area contributed by atoms with Crippen molar-refractivity contribution in [3.05, 3.63) is 23.0 Å². The number of aryl methyl sites for hydroxylation is 1. The van der Waals surface area contributed by atoms with Gasteiger partial charge in [0.15, 0.2) is 17.3 Å². The molecule has 72 valence electrons. The summed E-state index contributed by atoms with van der Waals surface area (Å²) in [6.45, 7) is 1.78. The molecule has 13 heavy (non-hydrogen) atoms. The van der Waals surface area contributed by atoms with Crippen LogP contribution in [0.5, 0.6) is 11.5 Å². The normalized spacial score (nSPS) is 10.2. The van der Waals surface area contributed by atoms with Crippen LogP contribution in [0.3, 0.4) is 0 Å². The molecule has 0 fully saturated rings. The van der Waals surface area contributed by atoms with Gasteiger partial charge in [0.05, 0.1) is 7.11 Å². The van der Waals surface area contributed by atoms with E-state index in [1.54, 1.807) is 13.0 Å². The Kier molecular flexibility index (Phi) is 2.72. The number of benzene rings is 1. The predicted molar refractivity (Wildman–Crippen MR) is 47.2 cm³/mol. The zero-order valence-electron chi connectivity index (χ0n) is 7.60. The van der Waals surface area contributed by atoms with Gasteiger partial charge in [0, 0.05) is 12.1 Å². The number of phenols is 1. The van der Waals surface area contributed by atoms with Gasteiger partial charge >= 0.3 is 0 Å². The van der Waals surface area contributed by atoms with E-state index in [-0.39, 0.29) is 17.9 Å². The number of nitrogens with two attached hydrogens (primary N) is 1. The van der Waals surface area contributed by atoms with Crippen molar-refractivity contribution in [1.29, 1.82) is 0 Å². The lowest BCUT2D eigenvalue weighted by Gasteiger charge is -2.10. The minimum atomic E-state index is -0.704. The summed E-state index contributed by atoms with van der Waals surface area (Å²) in [6.07, 6.45) is 0. The molecule has 0 saturated carbocycles. The fourth-order valence-corrected chi connectivity index (χ4v) is 1.23. The molecule has 0 aromatic heterocycles. The minimum Gasteiger partial charge on any atom is -0.502 e. The third kappa shape index (κ3) is 1.58. The summed E-state index contributed by atoms with van der Waals surface area (Å²) in [5, 5.41) is 9.33. The van der Waals surface area contributed by atoms with Crippen molar-refractivity contribution in [1.82, 2.24) is 0 Å². The molecule has 1 rings (SSSR count). The number of ether oxygens (including phenoxy) is 1. The smallest absolute Gasteiger partial charge is 0.194 e. The molecular formula is C9H12FNO2. The van der Waals surface area contributed by atoms with E-state index in [2.05, 4.69) is 0 Å². The van der Waals surface area contributed by atoms with Crippen molar-refractivity contribution in [3.63, 3.8) is 0 Å². The fraction of sp³-hybridized carbons (Fsp3) is 0.333. The number of hydrogen-bond donors (Lipinski definition) is 2. The van der Waals surface area contributed by atoms with Crippen molar-refractivity contribution in [2.24, 2.45) is 5.73 Å². The molecule has 1 aromatic rings. The first-order chi connectivity index (χ1) is 6.11. The van der Waals surface area contributed by atoms with Gasteiger partial charge in [0.25, 0.3) is 0 Å². The third-order valence-electron chi connectivity index (χ3n) is 1.88. The molecule has 0 radical (unpaired) electrons. The number of rotatable bonds is 2. The first-order valence-electron chi connectivity index (χ1n) is 3.86. The SMILES string of the molecule is COc1c(C)cc(CN)c(F)c1O. The molecule has 0 spiro atoms. The summed E-state index contributed by atoms with van der Waals surface area (Å²) >= 11 is 0. The fourth-order valence-electron chi connectivity index (χ4n) is 1.23. The van der Waals surface area contributed by atoms with E-state index >= 15 is 0 Å². The molecule has 0 unspecified atom stereocenters. The van der Waals surface area contributed by atoms with Crippen LogP contribution < -0.4 is 10.5 Å². The quantitative estimate of drug-likeness (QED) is 0.730. The largest absolute Gasteiger partial charge is 0.502 e. The molecule has 0 atom stereocenters. The highest BCUT2D eigenvalue weighted by Crippen LogP contribution is 2.34. The Balaban J connectivity index is 3.37. The zero-order chi connectivity index (χ0) is 10.0. The first-order valence-corrected chi connectivity index (χ1v) is 3.86. The minimum absolute atomic E-state index is 0.0597. The van der Waals surface area contributed by atoms with Gasteiger partial charge in [0.1, 0.15) is 0 Å². The number of aromatic hydroxyl groups is 1. The Morgan fingerprint density at radius 1 is 1.62 bits per heavy atom. The van der Waals surface area contributed by atoms with Crippen LogP contribution >= 0.6 is 0 Å². The molecule has 0 aliphatic carbocycles. The second-order valence-corrected chi connectivity index (χ2v) is 2.75. The number of hydrogen-bond acceptors (Lipinski definition) is 3. The number of halogens is 1. The van der Waals surface area contributed by atoms with Crippen LogP contribution in [0, 0.1) is 12.7 Å². The van der Waals surface area contributed by atoms with Crippen LogP contribution in [0.2, 0.25) is 0 Å². The van der Waals surface area contributed by atoms with Gasteiger partial charge in [-0.1, -0.05) is 0 Å². The third-order valence-corrected chi connectivity index (χ3v) is 1.88. The van der Waals surface area contributed by atoms with Gasteiger partial charge in [-0.3, -0.25) is 0 Å². The molecule has 0 bridgehead atoms. The summed E-state index contributed by atoms with van der Waals surface area (Å²) in [6, 6.07) is 1.56. The molecule has 3 nitrogen and oxygen atoms in total. The summed E-state index contributed by atoms with van der Waals surface area (Å²) in [4.78, 5) is 0.